The van der Waals surface area contributed by atoms with Crippen LogP contribution in [-0.4, -0.2) is 67.7 Å². The number of allylic oxidation sites excluding steroid dienone is 3. The van der Waals surface area contributed by atoms with E-state index in [1.54, 1.807) is 7.11 Å². The highest BCUT2D eigenvalue weighted by molar-refractivity contribution is 7.88. The molecule has 0 saturated heterocycles. The van der Waals surface area contributed by atoms with Crippen molar-refractivity contribution < 1.29 is 23.4 Å². The first-order valence-electron chi connectivity index (χ1n) is 12.2. The molecule has 2 N–H and O–H groups in total. The van der Waals surface area contributed by atoms with Gasteiger partial charge in [0.05, 0.1) is 18.0 Å². The third-order valence-corrected chi connectivity index (χ3v) is 10.8. The highest BCUT2D eigenvalue weighted by Gasteiger charge is 2.62. The van der Waals surface area contributed by atoms with Crippen molar-refractivity contribution in [1.29, 1.82) is 0 Å². The van der Waals surface area contributed by atoms with E-state index in [0.717, 1.165) is 38.5 Å². The lowest BCUT2D eigenvalue weighted by atomic mass is 9.50. The van der Waals surface area contributed by atoms with E-state index in [9.17, 15) is 18.6 Å². The summed E-state index contributed by atoms with van der Waals surface area (Å²) in [6.45, 7) is 5.58. The number of nitrogens with zero attached hydrogens (tertiary/aromatic N) is 1. The number of ether oxygens (including phenoxy) is 1. The van der Waals surface area contributed by atoms with Crippen LogP contribution in [-0.2, 0) is 14.8 Å². The van der Waals surface area contributed by atoms with E-state index < -0.39 is 15.6 Å². The number of hydrogen-bond acceptors (Lipinski definition) is 5. The molecule has 0 heterocycles. The van der Waals surface area contributed by atoms with Crippen LogP contribution in [0.15, 0.2) is 23.3 Å². The zero-order valence-electron chi connectivity index (χ0n) is 20.1. The molecule has 6 atom stereocenters. The number of methoxy groups -OCH3 is 1. The molecule has 0 amide bonds. The SMILES string of the molecule is COCCCN(C[C@]1(O)CC[C@H]2C3=CC=C4C[C@@H](O)CC[C@]4(C)[C@H]3CC[C@@]21C)S(C)(=O)=O. The van der Waals surface area contributed by atoms with E-state index in [-0.39, 0.29) is 29.4 Å². The molecule has 32 heavy (non-hydrogen) atoms. The molecule has 182 valence electrons. The molecule has 3 saturated carbocycles. The normalized spacial score (nSPS) is 41.5. The lowest BCUT2D eigenvalue weighted by molar-refractivity contribution is -0.0929. The summed E-state index contributed by atoms with van der Waals surface area (Å²) in [4.78, 5) is 0. The van der Waals surface area contributed by atoms with Crippen molar-refractivity contribution in [2.75, 3.05) is 33.1 Å². The highest BCUT2D eigenvalue weighted by atomic mass is 32.2. The van der Waals surface area contributed by atoms with Gasteiger partial charge < -0.3 is 14.9 Å². The molecule has 0 radical (unpaired) electrons. The maximum atomic E-state index is 12.5. The monoisotopic (exact) mass is 467 g/mol. The fraction of sp³-hybridized carbons (Fsp3) is 0.840. The van der Waals surface area contributed by atoms with Crippen molar-refractivity contribution in [3.63, 3.8) is 0 Å². The van der Waals surface area contributed by atoms with Gasteiger partial charge in [0.2, 0.25) is 10.0 Å². The van der Waals surface area contributed by atoms with Crippen LogP contribution in [0.2, 0.25) is 0 Å². The van der Waals surface area contributed by atoms with E-state index in [1.165, 1.54) is 21.7 Å². The van der Waals surface area contributed by atoms with Gasteiger partial charge in [0.1, 0.15) is 0 Å². The molecular formula is C25H41NO5S. The van der Waals surface area contributed by atoms with Crippen LogP contribution in [0.1, 0.15) is 65.2 Å². The van der Waals surface area contributed by atoms with Crippen LogP contribution in [0.25, 0.3) is 0 Å². The van der Waals surface area contributed by atoms with Crippen molar-refractivity contribution in [2.45, 2.75) is 76.9 Å². The zero-order chi connectivity index (χ0) is 23.4. The van der Waals surface area contributed by atoms with Crippen LogP contribution < -0.4 is 0 Å². The summed E-state index contributed by atoms with van der Waals surface area (Å²) < 4.78 is 31.6. The largest absolute Gasteiger partial charge is 0.393 e. The van der Waals surface area contributed by atoms with Crippen molar-refractivity contribution in [2.24, 2.45) is 22.7 Å². The Morgan fingerprint density at radius 2 is 1.84 bits per heavy atom. The van der Waals surface area contributed by atoms with Gasteiger partial charge in [0.15, 0.2) is 0 Å². The van der Waals surface area contributed by atoms with Crippen LogP contribution in [0.5, 0.6) is 0 Å². The number of rotatable bonds is 7. The Bertz CT molecular complexity index is 898. The van der Waals surface area contributed by atoms with Crippen molar-refractivity contribution in [1.82, 2.24) is 4.31 Å². The van der Waals surface area contributed by atoms with Gasteiger partial charge in [-0.2, -0.15) is 4.31 Å². The predicted molar refractivity (Wildman–Crippen MR) is 126 cm³/mol. The van der Waals surface area contributed by atoms with E-state index in [2.05, 4.69) is 26.0 Å². The van der Waals surface area contributed by atoms with Crippen molar-refractivity contribution in [3.8, 4) is 0 Å². The van der Waals surface area contributed by atoms with Crippen molar-refractivity contribution in [3.05, 3.63) is 23.3 Å². The molecule has 0 spiro atoms. The predicted octanol–water partition coefficient (Wildman–Crippen LogP) is 3.26. The van der Waals surface area contributed by atoms with Crippen LogP contribution >= 0.6 is 0 Å². The summed E-state index contributed by atoms with van der Waals surface area (Å²) in [5, 5.41) is 22.1. The van der Waals surface area contributed by atoms with Gasteiger partial charge in [0, 0.05) is 32.2 Å². The van der Waals surface area contributed by atoms with Gasteiger partial charge in [-0.1, -0.05) is 37.1 Å². The van der Waals surface area contributed by atoms with E-state index >= 15 is 0 Å². The third kappa shape index (κ3) is 3.92. The van der Waals surface area contributed by atoms with E-state index in [1.807, 2.05) is 0 Å². The molecule has 0 bridgehead atoms. The number of fused-ring (bicyclic) bond motifs is 5. The van der Waals surface area contributed by atoms with Crippen LogP contribution in [0.4, 0.5) is 0 Å². The van der Waals surface area contributed by atoms with Gasteiger partial charge in [0.25, 0.3) is 0 Å². The first-order valence-corrected chi connectivity index (χ1v) is 14.0. The quantitative estimate of drug-likeness (QED) is 0.561. The van der Waals surface area contributed by atoms with Crippen molar-refractivity contribution >= 4 is 10.0 Å². The average molecular weight is 468 g/mol. The molecule has 7 heteroatoms. The number of aliphatic hydroxyl groups is 2. The lowest BCUT2D eigenvalue weighted by Gasteiger charge is -2.56. The fourth-order valence-electron chi connectivity index (χ4n) is 7.39. The first-order chi connectivity index (χ1) is 14.9. The topological polar surface area (TPSA) is 87.1 Å². The average Bonchev–Trinajstić information content (AvgIpc) is 2.98. The minimum atomic E-state index is -3.42. The summed E-state index contributed by atoms with van der Waals surface area (Å²) in [5.41, 5.74) is 1.55. The fourth-order valence-corrected chi connectivity index (χ4v) is 8.30. The Labute approximate surface area is 193 Å². The summed E-state index contributed by atoms with van der Waals surface area (Å²) in [6, 6.07) is 0. The second-order valence-electron chi connectivity index (χ2n) is 11.2. The zero-order valence-corrected chi connectivity index (χ0v) is 21.0. The number of aliphatic hydroxyl groups excluding tert-OH is 1. The first kappa shape index (κ1) is 24.4. The third-order valence-electron chi connectivity index (χ3n) is 9.53. The molecule has 4 aliphatic rings. The Hall–Kier alpha value is -0.730. The van der Waals surface area contributed by atoms with Gasteiger partial charge in [-0.25, -0.2) is 8.42 Å². The minimum Gasteiger partial charge on any atom is -0.393 e. The highest BCUT2D eigenvalue weighted by Crippen LogP contribution is 2.66. The molecule has 4 aliphatic carbocycles. The Balaban J connectivity index is 1.60. The van der Waals surface area contributed by atoms with Gasteiger partial charge in [-0.3, -0.25) is 0 Å². The molecule has 3 fully saturated rings. The van der Waals surface area contributed by atoms with Crippen LogP contribution in [0, 0.1) is 22.7 Å². The maximum absolute atomic E-state index is 12.5. The van der Waals surface area contributed by atoms with Gasteiger partial charge in [-0.05, 0) is 68.6 Å². The lowest BCUT2D eigenvalue weighted by Crippen LogP contribution is -2.56. The van der Waals surface area contributed by atoms with Crippen LogP contribution in [0.3, 0.4) is 0 Å². The second-order valence-corrected chi connectivity index (χ2v) is 13.2. The summed E-state index contributed by atoms with van der Waals surface area (Å²) in [6.07, 6.45) is 12.2. The smallest absolute Gasteiger partial charge is 0.211 e. The Morgan fingerprint density at radius 1 is 1.12 bits per heavy atom. The summed E-state index contributed by atoms with van der Waals surface area (Å²) in [5.74, 6) is 0.733. The summed E-state index contributed by atoms with van der Waals surface area (Å²) >= 11 is 0. The summed E-state index contributed by atoms with van der Waals surface area (Å²) in [7, 11) is -1.80. The number of hydrogen-bond donors (Lipinski definition) is 2. The van der Waals surface area contributed by atoms with Gasteiger partial charge in [-0.15, -0.1) is 0 Å². The molecule has 6 nitrogen and oxygen atoms in total. The Morgan fingerprint density at radius 3 is 2.53 bits per heavy atom. The standard InChI is InChI=1S/C25H41NO5S/c1-23-11-8-19(27)16-18(23)6-7-20-21(23)9-12-24(2)22(20)10-13-25(24,28)17-26(32(4,29)30)14-5-15-31-3/h6-7,19,21-22,27-28H,5,8-17H2,1-4H3/t19-,21-,22-,23-,24-,25+/m0/s1. The molecule has 0 unspecified atom stereocenters. The van der Waals surface area contributed by atoms with E-state index in [4.69, 9.17) is 4.74 Å². The molecule has 0 aromatic rings. The van der Waals surface area contributed by atoms with Gasteiger partial charge >= 0.3 is 0 Å². The molecule has 4 rings (SSSR count). The van der Waals surface area contributed by atoms with E-state index in [0.29, 0.717) is 31.9 Å². The minimum absolute atomic E-state index is 0.101. The Kier molecular flexibility index (Phi) is 6.47. The molecule has 0 aliphatic heterocycles. The maximum Gasteiger partial charge on any atom is 0.211 e. The molecule has 0 aromatic carbocycles. The molecular weight excluding hydrogens is 426 g/mol. The molecule has 0 aromatic heterocycles. The second kappa shape index (κ2) is 8.49. The number of sulfonamides is 1.